The maximum absolute atomic E-state index is 12.8. The fourth-order valence-electron chi connectivity index (χ4n) is 3.87. The fourth-order valence-corrected chi connectivity index (χ4v) is 3.87. The van der Waals surface area contributed by atoms with Gasteiger partial charge in [-0.05, 0) is 56.0 Å². The number of urea groups is 1. The molecule has 1 saturated heterocycles. The Kier molecular flexibility index (Phi) is 3.94. The summed E-state index contributed by atoms with van der Waals surface area (Å²) in [7, 11) is 0. The number of nitrogens with zero attached hydrogens (tertiary/aromatic N) is 1. The largest absolute Gasteiger partial charge is 0.449 e. The van der Waals surface area contributed by atoms with Gasteiger partial charge in [0, 0.05) is 17.8 Å². The van der Waals surface area contributed by atoms with E-state index in [1.54, 1.807) is 11.0 Å². The standard InChI is InChI=1S/C21H22N2O3/c1-14-8-9-16(12-15(14)2)22-20(25)23-11-5-10-21(13-23)18-7-4-3-6-17(18)19(24)26-21/h3-4,6-9,12H,5,10-11,13H2,1-2H3,(H,22,25). The van der Waals surface area contributed by atoms with Crippen molar-refractivity contribution in [2.75, 3.05) is 18.4 Å². The Morgan fingerprint density at radius 1 is 1.15 bits per heavy atom. The minimum Gasteiger partial charge on any atom is -0.449 e. The summed E-state index contributed by atoms with van der Waals surface area (Å²) in [5, 5.41) is 2.97. The number of fused-ring (bicyclic) bond motifs is 2. The van der Waals surface area contributed by atoms with Crippen LogP contribution >= 0.6 is 0 Å². The van der Waals surface area contributed by atoms with Crippen molar-refractivity contribution >= 4 is 17.7 Å². The van der Waals surface area contributed by atoms with Gasteiger partial charge in [0.25, 0.3) is 0 Å². The maximum Gasteiger partial charge on any atom is 0.339 e. The first-order chi connectivity index (χ1) is 12.5. The van der Waals surface area contributed by atoms with Crippen molar-refractivity contribution in [3.05, 3.63) is 64.7 Å². The van der Waals surface area contributed by atoms with Crippen LogP contribution in [0.25, 0.3) is 0 Å². The number of amides is 2. The zero-order chi connectivity index (χ0) is 18.3. The number of piperidine rings is 1. The first-order valence-electron chi connectivity index (χ1n) is 8.95. The Labute approximate surface area is 153 Å². The van der Waals surface area contributed by atoms with Gasteiger partial charge in [-0.3, -0.25) is 0 Å². The molecule has 2 aliphatic rings. The molecule has 2 aliphatic heterocycles. The van der Waals surface area contributed by atoms with Gasteiger partial charge in [0.2, 0.25) is 0 Å². The zero-order valence-electron chi connectivity index (χ0n) is 15.0. The molecule has 2 heterocycles. The SMILES string of the molecule is Cc1ccc(NC(=O)N2CCCC3(C2)OC(=O)c2ccccc23)cc1C. The van der Waals surface area contributed by atoms with Crippen molar-refractivity contribution in [1.29, 1.82) is 0 Å². The smallest absolute Gasteiger partial charge is 0.339 e. The Morgan fingerprint density at radius 2 is 1.96 bits per heavy atom. The van der Waals surface area contributed by atoms with Gasteiger partial charge in [0.1, 0.15) is 0 Å². The molecule has 4 rings (SSSR count). The van der Waals surface area contributed by atoms with E-state index in [-0.39, 0.29) is 12.0 Å². The number of benzene rings is 2. The third kappa shape index (κ3) is 2.73. The number of ether oxygens (including phenoxy) is 1. The number of hydrogen-bond acceptors (Lipinski definition) is 3. The summed E-state index contributed by atoms with van der Waals surface area (Å²) in [6, 6.07) is 13.2. The van der Waals surface area contributed by atoms with Crippen molar-refractivity contribution in [3.63, 3.8) is 0 Å². The quantitative estimate of drug-likeness (QED) is 0.791. The van der Waals surface area contributed by atoms with Crippen LogP contribution in [0, 0.1) is 13.8 Å². The molecule has 1 spiro atoms. The number of rotatable bonds is 1. The molecular formula is C21H22N2O3. The van der Waals surface area contributed by atoms with E-state index >= 15 is 0 Å². The summed E-state index contributed by atoms with van der Waals surface area (Å²) >= 11 is 0. The molecule has 0 radical (unpaired) electrons. The minimum atomic E-state index is -0.716. The van der Waals surface area contributed by atoms with Gasteiger partial charge in [-0.15, -0.1) is 0 Å². The van der Waals surface area contributed by atoms with Gasteiger partial charge in [0.15, 0.2) is 5.60 Å². The lowest BCUT2D eigenvalue weighted by atomic mass is 9.85. The fraction of sp³-hybridized carbons (Fsp3) is 0.333. The highest BCUT2D eigenvalue weighted by atomic mass is 16.6. The second-order valence-corrected chi connectivity index (χ2v) is 7.18. The lowest BCUT2D eigenvalue weighted by Gasteiger charge is -2.39. The molecule has 2 amide bonds. The number of likely N-dealkylation sites (tertiary alicyclic amines) is 1. The van der Waals surface area contributed by atoms with E-state index in [4.69, 9.17) is 4.74 Å². The summed E-state index contributed by atoms with van der Waals surface area (Å²) in [4.78, 5) is 26.8. The van der Waals surface area contributed by atoms with Crippen LogP contribution in [-0.4, -0.2) is 30.0 Å². The molecular weight excluding hydrogens is 328 g/mol. The summed E-state index contributed by atoms with van der Waals surface area (Å²) in [5.74, 6) is -0.294. The van der Waals surface area contributed by atoms with Gasteiger partial charge < -0.3 is 15.0 Å². The number of aryl methyl sites for hydroxylation is 2. The number of carbonyl (C=O) groups is 2. The molecule has 134 valence electrons. The lowest BCUT2D eigenvalue weighted by molar-refractivity contribution is -0.0400. The molecule has 1 unspecified atom stereocenters. The molecule has 5 heteroatoms. The Balaban J connectivity index is 1.55. The van der Waals surface area contributed by atoms with Crippen molar-refractivity contribution < 1.29 is 14.3 Å². The van der Waals surface area contributed by atoms with Crippen LogP contribution in [0.15, 0.2) is 42.5 Å². The van der Waals surface area contributed by atoms with Crippen molar-refractivity contribution in [1.82, 2.24) is 4.90 Å². The normalized spacial score (nSPS) is 21.5. The average Bonchev–Trinajstić information content (AvgIpc) is 2.90. The van der Waals surface area contributed by atoms with Gasteiger partial charge in [-0.2, -0.15) is 0 Å². The highest BCUT2D eigenvalue weighted by Crippen LogP contribution is 2.42. The molecule has 1 fully saturated rings. The second kappa shape index (κ2) is 6.16. The van der Waals surface area contributed by atoms with E-state index in [0.717, 1.165) is 29.7 Å². The van der Waals surface area contributed by atoms with E-state index in [1.807, 2.05) is 50.2 Å². The molecule has 1 N–H and O–H groups in total. The van der Waals surface area contributed by atoms with Crippen LogP contribution in [0.3, 0.4) is 0 Å². The van der Waals surface area contributed by atoms with Gasteiger partial charge >= 0.3 is 12.0 Å². The number of esters is 1. The average molecular weight is 350 g/mol. The van der Waals surface area contributed by atoms with Gasteiger partial charge in [0.05, 0.1) is 12.1 Å². The topological polar surface area (TPSA) is 58.6 Å². The number of nitrogens with one attached hydrogen (secondary N) is 1. The minimum absolute atomic E-state index is 0.159. The molecule has 5 nitrogen and oxygen atoms in total. The van der Waals surface area contributed by atoms with Crippen molar-refractivity contribution in [2.45, 2.75) is 32.3 Å². The Morgan fingerprint density at radius 3 is 2.77 bits per heavy atom. The zero-order valence-corrected chi connectivity index (χ0v) is 15.0. The molecule has 1 atom stereocenters. The molecule has 0 saturated carbocycles. The highest BCUT2D eigenvalue weighted by molar-refractivity contribution is 5.95. The van der Waals surface area contributed by atoms with E-state index < -0.39 is 5.60 Å². The third-order valence-electron chi connectivity index (χ3n) is 5.43. The summed E-state index contributed by atoms with van der Waals surface area (Å²) in [6.07, 6.45) is 1.53. The first-order valence-corrected chi connectivity index (χ1v) is 8.95. The van der Waals surface area contributed by atoms with Gasteiger partial charge in [-0.25, -0.2) is 9.59 Å². The maximum atomic E-state index is 12.8. The second-order valence-electron chi connectivity index (χ2n) is 7.18. The third-order valence-corrected chi connectivity index (χ3v) is 5.43. The van der Waals surface area contributed by atoms with Crippen LogP contribution < -0.4 is 5.32 Å². The summed E-state index contributed by atoms with van der Waals surface area (Å²) < 4.78 is 5.77. The van der Waals surface area contributed by atoms with Crippen LogP contribution in [-0.2, 0) is 10.3 Å². The van der Waals surface area contributed by atoms with E-state index in [0.29, 0.717) is 18.7 Å². The van der Waals surface area contributed by atoms with E-state index in [2.05, 4.69) is 5.32 Å². The van der Waals surface area contributed by atoms with Crippen LogP contribution in [0.2, 0.25) is 0 Å². The molecule has 2 aromatic carbocycles. The van der Waals surface area contributed by atoms with Crippen LogP contribution in [0.5, 0.6) is 0 Å². The molecule has 0 aromatic heterocycles. The molecule has 0 bridgehead atoms. The molecule has 0 aliphatic carbocycles. The van der Waals surface area contributed by atoms with E-state index in [1.165, 1.54) is 5.56 Å². The Bertz CT molecular complexity index is 893. The Hall–Kier alpha value is -2.82. The lowest BCUT2D eigenvalue weighted by Crippen LogP contribution is -2.50. The summed E-state index contributed by atoms with van der Waals surface area (Å²) in [6.45, 7) is 5.10. The first kappa shape index (κ1) is 16.6. The number of anilines is 1. The van der Waals surface area contributed by atoms with Crippen molar-refractivity contribution in [2.24, 2.45) is 0 Å². The predicted octanol–water partition coefficient (Wildman–Crippen LogP) is 4.00. The molecule has 26 heavy (non-hydrogen) atoms. The number of hydrogen-bond donors (Lipinski definition) is 1. The molecule has 2 aromatic rings. The van der Waals surface area contributed by atoms with Gasteiger partial charge in [-0.1, -0.05) is 24.3 Å². The number of carbonyl (C=O) groups excluding carboxylic acids is 2. The van der Waals surface area contributed by atoms with Crippen LogP contribution in [0.4, 0.5) is 10.5 Å². The van der Waals surface area contributed by atoms with Crippen LogP contribution in [0.1, 0.15) is 39.9 Å². The van der Waals surface area contributed by atoms with Crippen molar-refractivity contribution in [3.8, 4) is 0 Å². The highest BCUT2D eigenvalue weighted by Gasteiger charge is 2.48. The van der Waals surface area contributed by atoms with E-state index in [9.17, 15) is 9.59 Å². The summed E-state index contributed by atoms with van der Waals surface area (Å²) in [5.41, 5.74) is 3.90. The monoisotopic (exact) mass is 350 g/mol. The predicted molar refractivity (Wildman–Crippen MR) is 99.3 cm³/mol.